The van der Waals surface area contributed by atoms with Gasteiger partial charge in [-0.05, 0) is 67.3 Å². The fourth-order valence-corrected chi connectivity index (χ4v) is 5.31. The lowest BCUT2D eigenvalue weighted by atomic mass is 10.1. The predicted molar refractivity (Wildman–Crippen MR) is 113 cm³/mol. The van der Waals surface area contributed by atoms with Crippen LogP contribution in [0.1, 0.15) is 35.2 Å². The molecule has 0 amide bonds. The molecule has 0 spiro atoms. The molecule has 0 aliphatic carbocycles. The zero-order chi connectivity index (χ0) is 21.0. The lowest BCUT2D eigenvalue weighted by molar-refractivity contribution is -0.142. The molecular weight excluding hydrogens is 458 g/mol. The summed E-state index contributed by atoms with van der Waals surface area (Å²) in [6.07, 6.45) is 4.71. The van der Waals surface area contributed by atoms with Crippen molar-refractivity contribution in [1.82, 2.24) is 4.31 Å². The first-order valence-corrected chi connectivity index (χ1v) is 11.4. The van der Waals surface area contributed by atoms with Crippen LogP contribution in [0.3, 0.4) is 0 Å². The minimum atomic E-state index is -3.94. The molecule has 1 N–H and O–H groups in total. The van der Waals surface area contributed by atoms with E-state index in [9.17, 15) is 23.1 Å². The number of hydrogen-bond donors (Lipinski definition) is 1. The third-order valence-corrected chi connectivity index (χ3v) is 7.45. The van der Waals surface area contributed by atoms with Crippen molar-refractivity contribution in [3.05, 3.63) is 70.2 Å². The van der Waals surface area contributed by atoms with Crippen LogP contribution in [0, 0.1) is 0 Å². The van der Waals surface area contributed by atoms with Crippen LogP contribution in [0.25, 0.3) is 6.08 Å². The Morgan fingerprint density at radius 3 is 2.41 bits per heavy atom. The average Bonchev–Trinajstić information content (AvgIpc) is 2.73. The third kappa shape index (κ3) is 4.83. The molecule has 0 bridgehead atoms. The van der Waals surface area contributed by atoms with E-state index in [1.165, 1.54) is 30.3 Å². The number of halogens is 1. The van der Waals surface area contributed by atoms with Crippen molar-refractivity contribution in [1.29, 1.82) is 0 Å². The van der Waals surface area contributed by atoms with Crippen molar-refractivity contribution >= 4 is 43.8 Å². The van der Waals surface area contributed by atoms with Gasteiger partial charge in [0.05, 0.1) is 4.90 Å². The number of carboxylic acid groups (broad SMARTS) is 1. The summed E-state index contributed by atoms with van der Waals surface area (Å²) in [5, 5.41) is 9.35. The van der Waals surface area contributed by atoms with Gasteiger partial charge in [-0.1, -0.05) is 34.1 Å². The minimum Gasteiger partial charge on any atom is -0.480 e. The fraction of sp³-hybridized carbons (Fsp3) is 0.238. The number of aliphatic carboxylic acids is 1. The lowest BCUT2D eigenvalue weighted by Gasteiger charge is -2.31. The number of benzene rings is 2. The number of allylic oxidation sites excluding steroid dienone is 1. The van der Waals surface area contributed by atoms with Gasteiger partial charge < -0.3 is 5.11 Å². The smallest absolute Gasteiger partial charge is 0.322 e. The van der Waals surface area contributed by atoms with E-state index in [1.54, 1.807) is 6.08 Å². The molecule has 1 saturated heterocycles. The molecule has 6 nitrogen and oxygen atoms in total. The lowest BCUT2D eigenvalue weighted by Crippen LogP contribution is -2.47. The Hall–Kier alpha value is -2.29. The highest BCUT2D eigenvalue weighted by Crippen LogP contribution is 2.26. The molecule has 1 fully saturated rings. The highest BCUT2D eigenvalue weighted by atomic mass is 79.9. The minimum absolute atomic E-state index is 0.0167. The molecule has 8 heteroatoms. The molecule has 1 aliphatic rings. The monoisotopic (exact) mass is 477 g/mol. The highest BCUT2D eigenvalue weighted by molar-refractivity contribution is 9.10. The number of sulfonamides is 1. The van der Waals surface area contributed by atoms with Crippen molar-refractivity contribution in [2.24, 2.45) is 0 Å². The van der Waals surface area contributed by atoms with E-state index in [0.29, 0.717) is 24.8 Å². The first-order chi connectivity index (χ1) is 13.8. The van der Waals surface area contributed by atoms with E-state index in [2.05, 4.69) is 15.9 Å². The second-order valence-electron chi connectivity index (χ2n) is 6.71. The molecule has 1 unspecified atom stereocenters. The van der Waals surface area contributed by atoms with Crippen molar-refractivity contribution in [2.45, 2.75) is 30.2 Å². The van der Waals surface area contributed by atoms with Crippen LogP contribution in [0.5, 0.6) is 0 Å². The SMILES string of the molecule is O=C(C=Cc1ccccc1Br)c1ccc(S(=O)(=O)N2CCCCC2C(=O)O)cc1. The maximum absolute atomic E-state index is 12.9. The molecular formula is C21H20BrNO5S. The Morgan fingerprint density at radius 2 is 1.76 bits per heavy atom. The number of rotatable bonds is 6. The van der Waals surface area contributed by atoms with Gasteiger partial charge in [-0.3, -0.25) is 9.59 Å². The summed E-state index contributed by atoms with van der Waals surface area (Å²) in [5.41, 5.74) is 1.20. The molecule has 1 atom stereocenters. The van der Waals surface area contributed by atoms with Crippen molar-refractivity contribution in [3.8, 4) is 0 Å². The summed E-state index contributed by atoms with van der Waals surface area (Å²) < 4.78 is 27.7. The summed E-state index contributed by atoms with van der Waals surface area (Å²) in [7, 11) is -3.94. The van der Waals surface area contributed by atoms with Crippen molar-refractivity contribution < 1.29 is 23.1 Å². The first-order valence-electron chi connectivity index (χ1n) is 9.12. The molecule has 0 aromatic heterocycles. The van der Waals surface area contributed by atoms with Gasteiger partial charge >= 0.3 is 5.97 Å². The van der Waals surface area contributed by atoms with Gasteiger partial charge in [-0.25, -0.2) is 8.42 Å². The second kappa shape index (κ2) is 9.02. The molecule has 2 aromatic carbocycles. The van der Waals surface area contributed by atoms with Crippen LogP contribution in [0.15, 0.2) is 64.0 Å². The zero-order valence-electron chi connectivity index (χ0n) is 15.5. The van der Waals surface area contributed by atoms with E-state index >= 15 is 0 Å². The maximum Gasteiger partial charge on any atom is 0.322 e. The fourth-order valence-electron chi connectivity index (χ4n) is 3.24. The quantitative estimate of drug-likeness (QED) is 0.501. The number of piperidine rings is 1. The summed E-state index contributed by atoms with van der Waals surface area (Å²) in [4.78, 5) is 23.8. The standard InChI is InChI=1S/C21H20BrNO5S/c22-18-6-2-1-5-15(18)10-13-20(24)16-8-11-17(12-9-16)29(27,28)23-14-4-3-7-19(23)21(25)26/h1-2,5-6,8-13,19H,3-4,7,14H2,(H,25,26). The summed E-state index contributed by atoms with van der Waals surface area (Å²) in [6, 6.07) is 12.0. The number of carbonyl (C=O) groups excluding carboxylic acids is 1. The summed E-state index contributed by atoms with van der Waals surface area (Å²) in [5.74, 6) is -1.40. The van der Waals surface area contributed by atoms with E-state index in [4.69, 9.17) is 0 Å². The summed E-state index contributed by atoms with van der Waals surface area (Å²) >= 11 is 3.41. The van der Waals surface area contributed by atoms with Crippen molar-refractivity contribution in [2.75, 3.05) is 6.54 Å². The van der Waals surface area contributed by atoms with Gasteiger partial charge in [0, 0.05) is 16.6 Å². The average molecular weight is 478 g/mol. The molecule has 29 heavy (non-hydrogen) atoms. The predicted octanol–water partition coefficient (Wildman–Crippen LogP) is 3.97. The second-order valence-corrected chi connectivity index (χ2v) is 9.45. The van der Waals surface area contributed by atoms with Crippen LogP contribution in [0.4, 0.5) is 0 Å². The number of ketones is 1. The molecule has 152 valence electrons. The van der Waals surface area contributed by atoms with E-state index in [1.807, 2.05) is 24.3 Å². The topological polar surface area (TPSA) is 91.8 Å². The van der Waals surface area contributed by atoms with Crippen LogP contribution in [-0.4, -0.2) is 42.2 Å². The molecule has 1 aliphatic heterocycles. The number of hydrogen-bond acceptors (Lipinski definition) is 4. The van der Waals surface area contributed by atoms with Gasteiger partial charge in [0.15, 0.2) is 5.78 Å². The van der Waals surface area contributed by atoms with Crippen LogP contribution < -0.4 is 0 Å². The maximum atomic E-state index is 12.9. The largest absolute Gasteiger partial charge is 0.480 e. The number of nitrogens with zero attached hydrogens (tertiary/aromatic N) is 1. The Balaban J connectivity index is 1.79. The third-order valence-electron chi connectivity index (χ3n) is 4.80. The Kier molecular flexibility index (Phi) is 6.66. The van der Waals surface area contributed by atoms with Gasteiger partial charge in [0.25, 0.3) is 0 Å². The van der Waals surface area contributed by atoms with Gasteiger partial charge in [-0.15, -0.1) is 0 Å². The van der Waals surface area contributed by atoms with Crippen LogP contribution in [-0.2, 0) is 14.8 Å². The van der Waals surface area contributed by atoms with Gasteiger partial charge in [0.2, 0.25) is 10.0 Å². The van der Waals surface area contributed by atoms with Crippen LogP contribution >= 0.6 is 15.9 Å². The normalized spacial score (nSPS) is 18.0. The molecule has 0 saturated carbocycles. The Labute approximate surface area is 178 Å². The van der Waals surface area contributed by atoms with E-state index in [0.717, 1.165) is 14.3 Å². The molecule has 0 radical (unpaired) electrons. The molecule has 1 heterocycles. The van der Waals surface area contributed by atoms with Gasteiger partial charge in [-0.2, -0.15) is 4.31 Å². The summed E-state index contributed by atoms with van der Waals surface area (Å²) in [6.45, 7) is 0.175. The molecule has 3 rings (SSSR count). The Bertz CT molecular complexity index is 1050. The van der Waals surface area contributed by atoms with E-state index < -0.39 is 22.0 Å². The number of carbonyl (C=O) groups is 2. The van der Waals surface area contributed by atoms with Crippen molar-refractivity contribution in [3.63, 3.8) is 0 Å². The van der Waals surface area contributed by atoms with Gasteiger partial charge in [0.1, 0.15) is 6.04 Å². The molecule has 2 aromatic rings. The first kappa shape index (κ1) is 21.4. The Morgan fingerprint density at radius 1 is 1.07 bits per heavy atom. The number of carboxylic acids is 1. The highest BCUT2D eigenvalue weighted by Gasteiger charge is 2.37. The van der Waals surface area contributed by atoms with Crippen LogP contribution in [0.2, 0.25) is 0 Å². The van der Waals surface area contributed by atoms with E-state index in [-0.39, 0.29) is 17.2 Å². The zero-order valence-corrected chi connectivity index (χ0v) is 17.9.